The van der Waals surface area contributed by atoms with Crippen LogP contribution in [0.4, 0.5) is 5.82 Å². The third kappa shape index (κ3) is 4.99. The molecule has 2 heterocycles. The molecule has 4 aromatic rings. The molecule has 1 atom stereocenters. The van der Waals surface area contributed by atoms with E-state index >= 15 is 0 Å². The summed E-state index contributed by atoms with van der Waals surface area (Å²) in [6, 6.07) is 12.0. The van der Waals surface area contributed by atoms with Gasteiger partial charge in [-0.1, -0.05) is 18.2 Å². The van der Waals surface area contributed by atoms with E-state index in [1.54, 1.807) is 26.2 Å². The lowest BCUT2D eigenvalue weighted by atomic mass is 10.0. The largest absolute Gasteiger partial charge is 0.460 e. The van der Waals surface area contributed by atoms with Gasteiger partial charge in [0.05, 0.1) is 17.0 Å². The number of carbonyl (C=O) groups excluding carboxylic acids is 3. The van der Waals surface area contributed by atoms with Crippen LogP contribution in [0.5, 0.6) is 0 Å². The molecule has 9 heteroatoms. The monoisotopic (exact) mass is 505 g/mol. The molecule has 0 aliphatic carbocycles. The Morgan fingerprint density at radius 3 is 2.56 bits per heavy atom. The lowest BCUT2D eigenvalue weighted by molar-refractivity contribution is -0.146. The first kappa shape index (κ1) is 25.4. The number of methoxy groups -OCH3 is 1. The SMILES string of the molecule is COCc1ccc(C(C)=O)c2sc(C(=O)Nc3ccc4c(COC(=O)C(C)N)cccc4n3)c(C)c12. The molecule has 0 saturated heterocycles. The van der Waals surface area contributed by atoms with Gasteiger partial charge in [0.25, 0.3) is 5.91 Å². The average molecular weight is 506 g/mol. The number of thiophene rings is 1. The van der Waals surface area contributed by atoms with Crippen molar-refractivity contribution in [2.75, 3.05) is 12.4 Å². The van der Waals surface area contributed by atoms with Crippen LogP contribution < -0.4 is 11.1 Å². The Balaban J connectivity index is 1.64. The molecule has 1 amide bonds. The van der Waals surface area contributed by atoms with Gasteiger partial charge in [0.1, 0.15) is 18.5 Å². The minimum atomic E-state index is -0.700. The number of benzene rings is 2. The van der Waals surface area contributed by atoms with Crippen molar-refractivity contribution in [1.82, 2.24) is 4.98 Å². The summed E-state index contributed by atoms with van der Waals surface area (Å²) in [5.74, 6) is -0.460. The Morgan fingerprint density at radius 2 is 1.86 bits per heavy atom. The van der Waals surface area contributed by atoms with Crippen LogP contribution in [0.3, 0.4) is 0 Å². The standard InChI is InChI=1S/C27H27N3O5S/c1-14-23-18(12-34-4)8-9-19(16(3)31)25(23)36-24(14)26(32)30-22-11-10-20-17(6-5-7-21(20)29-22)13-35-27(33)15(2)28/h5-11,15H,12-13,28H2,1-4H3,(H,29,30,32). The number of aryl methyl sites for hydroxylation is 1. The normalized spacial score (nSPS) is 12.0. The number of nitrogens with one attached hydrogen (secondary N) is 1. The number of aromatic nitrogens is 1. The molecule has 2 aromatic heterocycles. The quantitative estimate of drug-likeness (QED) is 0.262. The van der Waals surface area contributed by atoms with Gasteiger partial charge in [-0.25, -0.2) is 4.98 Å². The van der Waals surface area contributed by atoms with E-state index in [2.05, 4.69) is 10.3 Å². The maximum absolute atomic E-state index is 13.3. The van der Waals surface area contributed by atoms with Gasteiger partial charge in [-0.15, -0.1) is 11.3 Å². The van der Waals surface area contributed by atoms with E-state index in [-0.39, 0.29) is 18.3 Å². The third-order valence-electron chi connectivity index (χ3n) is 5.85. The number of carbonyl (C=O) groups is 3. The van der Waals surface area contributed by atoms with Gasteiger partial charge >= 0.3 is 5.97 Å². The minimum absolute atomic E-state index is 0.0595. The molecule has 8 nitrogen and oxygen atoms in total. The molecule has 0 spiro atoms. The second-order valence-electron chi connectivity index (χ2n) is 8.55. The van der Waals surface area contributed by atoms with Crippen LogP contribution in [-0.2, 0) is 27.5 Å². The molecule has 2 aromatic carbocycles. The Morgan fingerprint density at radius 1 is 1.08 bits per heavy atom. The first-order valence-corrected chi connectivity index (χ1v) is 12.2. The zero-order valence-electron chi connectivity index (χ0n) is 20.5. The molecule has 0 bridgehead atoms. The zero-order chi connectivity index (χ0) is 26.0. The first-order chi connectivity index (χ1) is 17.2. The minimum Gasteiger partial charge on any atom is -0.460 e. The van der Waals surface area contributed by atoms with E-state index in [0.29, 0.717) is 28.4 Å². The predicted octanol–water partition coefficient (Wildman–Crippen LogP) is 4.75. The number of ether oxygens (including phenoxy) is 2. The molecule has 1 unspecified atom stereocenters. The highest BCUT2D eigenvalue weighted by Crippen LogP contribution is 2.37. The number of ketones is 1. The van der Waals surface area contributed by atoms with E-state index in [0.717, 1.165) is 32.2 Å². The van der Waals surface area contributed by atoms with Crippen molar-refractivity contribution >= 4 is 55.8 Å². The molecular formula is C27H27N3O5S. The molecule has 0 saturated carbocycles. The fraction of sp³-hybridized carbons (Fsp3) is 0.259. The molecule has 36 heavy (non-hydrogen) atoms. The van der Waals surface area contributed by atoms with Gasteiger partial charge in [0.2, 0.25) is 0 Å². The Labute approximate surface area is 212 Å². The number of nitrogens with two attached hydrogens (primary N) is 1. The summed E-state index contributed by atoms with van der Waals surface area (Å²) in [6.45, 7) is 5.42. The molecule has 0 radical (unpaired) electrons. The van der Waals surface area contributed by atoms with Gasteiger partial charge in [-0.3, -0.25) is 14.4 Å². The molecular weight excluding hydrogens is 478 g/mol. The topological polar surface area (TPSA) is 121 Å². The average Bonchev–Trinajstić information content (AvgIpc) is 3.20. The second kappa shape index (κ2) is 10.5. The van der Waals surface area contributed by atoms with Crippen molar-refractivity contribution in [3.8, 4) is 0 Å². The number of pyridine rings is 1. The van der Waals surface area contributed by atoms with Crippen molar-refractivity contribution in [1.29, 1.82) is 0 Å². The Hall–Kier alpha value is -3.66. The number of Topliss-reactive ketones (excluding diaryl/α,β-unsaturated/α-hetero) is 1. The molecule has 3 N–H and O–H groups in total. The maximum Gasteiger partial charge on any atom is 0.322 e. The predicted molar refractivity (Wildman–Crippen MR) is 140 cm³/mol. The van der Waals surface area contributed by atoms with Crippen LogP contribution in [0.25, 0.3) is 21.0 Å². The summed E-state index contributed by atoms with van der Waals surface area (Å²) >= 11 is 1.29. The van der Waals surface area contributed by atoms with Gasteiger partial charge in [-0.05, 0) is 61.7 Å². The highest BCUT2D eigenvalue weighted by atomic mass is 32.1. The number of hydrogen-bond acceptors (Lipinski definition) is 8. The fourth-order valence-corrected chi connectivity index (χ4v) is 5.38. The van der Waals surface area contributed by atoms with E-state index in [1.807, 2.05) is 37.3 Å². The lowest BCUT2D eigenvalue weighted by Gasteiger charge is -2.10. The molecule has 4 rings (SSSR count). The molecule has 0 aliphatic heterocycles. The maximum atomic E-state index is 13.3. The molecule has 0 fully saturated rings. The number of esters is 1. The van der Waals surface area contributed by atoms with Gasteiger partial charge in [0.15, 0.2) is 5.78 Å². The van der Waals surface area contributed by atoms with Crippen LogP contribution >= 0.6 is 11.3 Å². The molecule has 186 valence electrons. The Bertz CT molecular complexity index is 1490. The summed E-state index contributed by atoms with van der Waals surface area (Å²) in [5, 5.41) is 4.56. The number of fused-ring (bicyclic) bond motifs is 2. The fourth-order valence-electron chi connectivity index (χ4n) is 4.07. The second-order valence-corrected chi connectivity index (χ2v) is 9.57. The Kier molecular flexibility index (Phi) is 7.44. The van der Waals surface area contributed by atoms with Crippen LogP contribution in [0, 0.1) is 6.92 Å². The third-order valence-corrected chi connectivity index (χ3v) is 7.18. The van der Waals surface area contributed by atoms with Crippen LogP contribution in [0.1, 0.15) is 50.6 Å². The van der Waals surface area contributed by atoms with E-state index in [1.165, 1.54) is 18.3 Å². The highest BCUT2D eigenvalue weighted by Gasteiger charge is 2.21. The van der Waals surface area contributed by atoms with Crippen molar-refractivity contribution in [3.63, 3.8) is 0 Å². The summed E-state index contributed by atoms with van der Waals surface area (Å²) in [7, 11) is 1.61. The van der Waals surface area contributed by atoms with E-state index in [4.69, 9.17) is 15.2 Å². The molecule has 0 aliphatic rings. The van der Waals surface area contributed by atoms with Gasteiger partial charge in [0, 0.05) is 28.1 Å². The van der Waals surface area contributed by atoms with Crippen molar-refractivity contribution in [2.24, 2.45) is 5.73 Å². The van der Waals surface area contributed by atoms with Crippen LogP contribution in [0.2, 0.25) is 0 Å². The van der Waals surface area contributed by atoms with Gasteiger partial charge in [-0.2, -0.15) is 0 Å². The first-order valence-electron chi connectivity index (χ1n) is 11.4. The van der Waals surface area contributed by atoms with E-state index in [9.17, 15) is 14.4 Å². The summed E-state index contributed by atoms with van der Waals surface area (Å²) in [5.41, 5.74) is 9.29. The zero-order valence-corrected chi connectivity index (χ0v) is 21.3. The number of rotatable bonds is 8. The van der Waals surface area contributed by atoms with Crippen LogP contribution in [-0.4, -0.2) is 35.8 Å². The highest BCUT2D eigenvalue weighted by molar-refractivity contribution is 7.21. The number of anilines is 1. The van der Waals surface area contributed by atoms with E-state index < -0.39 is 12.0 Å². The number of hydrogen-bond donors (Lipinski definition) is 2. The van der Waals surface area contributed by atoms with Crippen LogP contribution in [0.15, 0.2) is 42.5 Å². The summed E-state index contributed by atoms with van der Waals surface area (Å²) < 4.78 is 11.4. The number of amides is 1. The number of nitrogens with zero attached hydrogens (tertiary/aromatic N) is 1. The van der Waals surface area contributed by atoms with Crippen molar-refractivity contribution in [3.05, 3.63) is 69.6 Å². The summed E-state index contributed by atoms with van der Waals surface area (Å²) in [6.07, 6.45) is 0. The summed E-state index contributed by atoms with van der Waals surface area (Å²) in [4.78, 5) is 42.3. The van der Waals surface area contributed by atoms with Gasteiger partial charge < -0.3 is 20.5 Å². The van der Waals surface area contributed by atoms with Crippen molar-refractivity contribution < 1.29 is 23.9 Å². The lowest BCUT2D eigenvalue weighted by Crippen LogP contribution is -2.28. The van der Waals surface area contributed by atoms with Crippen molar-refractivity contribution in [2.45, 2.75) is 40.0 Å². The smallest absolute Gasteiger partial charge is 0.322 e.